The maximum Gasteiger partial charge on any atom is 0.434 e. The van der Waals surface area contributed by atoms with Gasteiger partial charge in [0.1, 0.15) is 10.0 Å². The summed E-state index contributed by atoms with van der Waals surface area (Å²) in [6, 6.07) is 1.74. The van der Waals surface area contributed by atoms with Gasteiger partial charge in [0.2, 0.25) is 0 Å². The van der Waals surface area contributed by atoms with Gasteiger partial charge < -0.3 is 0 Å². The largest absolute Gasteiger partial charge is 0.434 e. The van der Waals surface area contributed by atoms with E-state index >= 15 is 0 Å². The quantitative estimate of drug-likeness (QED) is 0.661. The van der Waals surface area contributed by atoms with Crippen molar-refractivity contribution in [3.63, 3.8) is 0 Å². The zero-order valence-corrected chi connectivity index (χ0v) is 13.2. The molecule has 0 atom stereocenters. The Balaban J connectivity index is 2.14. The molecule has 8 heteroatoms. The maximum atomic E-state index is 12.7. The molecule has 0 radical (unpaired) electrons. The normalized spacial score (nSPS) is 11.9. The summed E-state index contributed by atoms with van der Waals surface area (Å²) in [5.74, 6) is 0. The van der Waals surface area contributed by atoms with Gasteiger partial charge in [-0.3, -0.25) is 4.98 Å². The van der Waals surface area contributed by atoms with Crippen LogP contribution in [-0.2, 0) is 6.18 Å². The lowest BCUT2D eigenvalue weighted by atomic mass is 10.1. The number of rotatable bonds is 2. The zero-order chi connectivity index (χ0) is 15.9. The molecule has 0 amide bonds. The minimum absolute atomic E-state index is 0.320. The third kappa shape index (κ3) is 2.89. The first-order chi connectivity index (χ1) is 10.3. The lowest BCUT2D eigenvalue weighted by Crippen LogP contribution is -2.04. The summed E-state index contributed by atoms with van der Waals surface area (Å²) < 4.78 is 38.2. The molecule has 3 aromatic heterocycles. The van der Waals surface area contributed by atoms with Crippen molar-refractivity contribution in [2.75, 3.05) is 0 Å². The van der Waals surface area contributed by atoms with Crippen LogP contribution in [0.3, 0.4) is 0 Å². The third-order valence-corrected chi connectivity index (χ3v) is 4.78. The number of hydrogen-bond donors (Lipinski definition) is 0. The van der Waals surface area contributed by atoms with Crippen LogP contribution in [0.1, 0.15) is 17.1 Å². The molecule has 3 rings (SSSR count). The molecule has 0 saturated heterocycles. The molecular weight excluding hydrogens is 331 g/mol. The predicted octanol–water partition coefficient (Wildman–Crippen LogP) is 4.96. The van der Waals surface area contributed by atoms with Crippen LogP contribution in [0.25, 0.3) is 21.1 Å². The van der Waals surface area contributed by atoms with Crippen molar-refractivity contribution in [3.05, 3.63) is 40.1 Å². The molecule has 0 unspecified atom stereocenters. The first-order valence-electron chi connectivity index (χ1n) is 6.27. The Morgan fingerprint density at radius 3 is 2.18 bits per heavy atom. The van der Waals surface area contributed by atoms with E-state index in [1.54, 1.807) is 19.2 Å². The molecule has 0 aliphatic rings. The predicted molar refractivity (Wildman–Crippen MR) is 80.9 cm³/mol. The third-order valence-electron chi connectivity index (χ3n) is 2.92. The molecule has 3 aromatic rings. The first-order valence-corrected chi connectivity index (χ1v) is 8.03. The van der Waals surface area contributed by atoms with Crippen LogP contribution in [0.2, 0.25) is 0 Å². The highest BCUT2D eigenvalue weighted by Crippen LogP contribution is 2.38. The van der Waals surface area contributed by atoms with Gasteiger partial charge in [-0.2, -0.15) is 13.2 Å². The van der Waals surface area contributed by atoms with Crippen molar-refractivity contribution < 1.29 is 13.2 Å². The molecule has 3 nitrogen and oxygen atoms in total. The summed E-state index contributed by atoms with van der Waals surface area (Å²) in [6.07, 6.45) is -2.80. The van der Waals surface area contributed by atoms with E-state index in [1.807, 2.05) is 12.3 Å². The Labute approximate surface area is 132 Å². The van der Waals surface area contributed by atoms with Gasteiger partial charge in [-0.1, -0.05) is 0 Å². The molecule has 0 aliphatic heterocycles. The minimum Gasteiger partial charge on any atom is -0.261 e. The smallest absolute Gasteiger partial charge is 0.261 e. The second-order valence-corrected chi connectivity index (χ2v) is 6.42. The van der Waals surface area contributed by atoms with Crippen molar-refractivity contribution in [1.82, 2.24) is 15.0 Å². The van der Waals surface area contributed by atoms with Gasteiger partial charge in [0, 0.05) is 39.5 Å². The van der Waals surface area contributed by atoms with Crippen molar-refractivity contribution in [2.24, 2.45) is 0 Å². The van der Waals surface area contributed by atoms with Crippen LogP contribution < -0.4 is 0 Å². The van der Waals surface area contributed by atoms with Crippen LogP contribution in [-0.4, -0.2) is 15.0 Å². The summed E-state index contributed by atoms with van der Waals surface area (Å²) in [4.78, 5) is 12.3. The molecule has 114 valence electrons. The van der Waals surface area contributed by atoms with Crippen molar-refractivity contribution in [2.45, 2.75) is 20.0 Å². The molecule has 0 saturated carbocycles. The number of halogens is 3. The summed E-state index contributed by atoms with van der Waals surface area (Å²) in [7, 11) is 0. The van der Waals surface area contributed by atoms with Crippen molar-refractivity contribution >= 4 is 22.7 Å². The Bertz CT molecular complexity index is 821. The van der Waals surface area contributed by atoms with E-state index < -0.39 is 11.9 Å². The molecule has 0 spiro atoms. The Kier molecular flexibility index (Phi) is 3.73. The van der Waals surface area contributed by atoms with E-state index in [4.69, 9.17) is 0 Å². The van der Waals surface area contributed by atoms with E-state index in [9.17, 15) is 13.2 Å². The number of nitrogens with zero attached hydrogens (tertiary/aromatic N) is 3. The van der Waals surface area contributed by atoms with E-state index in [0.29, 0.717) is 16.1 Å². The standard InChI is InChI=1S/C14H10F3N3S2/c1-7-3-9(12-20-11(6-22-12)14(15,16)17)10(4-18-7)13-19-8(2)5-21-13/h3-6H,1-2H3. The fraction of sp³-hybridized carbons (Fsp3) is 0.214. The number of aromatic nitrogens is 3. The zero-order valence-electron chi connectivity index (χ0n) is 11.6. The highest BCUT2D eigenvalue weighted by molar-refractivity contribution is 7.14. The molecule has 0 N–H and O–H groups in total. The molecule has 3 heterocycles. The van der Waals surface area contributed by atoms with E-state index in [2.05, 4.69) is 15.0 Å². The van der Waals surface area contributed by atoms with Gasteiger partial charge in [-0.25, -0.2) is 9.97 Å². The van der Waals surface area contributed by atoms with Crippen LogP contribution in [0.4, 0.5) is 13.2 Å². The van der Waals surface area contributed by atoms with Gasteiger partial charge in [0.05, 0.1) is 0 Å². The van der Waals surface area contributed by atoms with Crippen LogP contribution in [0.15, 0.2) is 23.0 Å². The lowest BCUT2D eigenvalue weighted by Gasteiger charge is -2.06. The number of pyridine rings is 1. The average molecular weight is 341 g/mol. The Morgan fingerprint density at radius 1 is 0.909 bits per heavy atom. The average Bonchev–Trinajstić information content (AvgIpc) is 3.06. The van der Waals surface area contributed by atoms with Crippen LogP contribution in [0.5, 0.6) is 0 Å². The highest BCUT2D eigenvalue weighted by Gasteiger charge is 2.34. The molecule has 0 aromatic carbocycles. The monoisotopic (exact) mass is 341 g/mol. The first kappa shape index (κ1) is 15.1. The molecule has 0 aliphatic carbocycles. The van der Waals surface area contributed by atoms with E-state index in [0.717, 1.165) is 33.1 Å². The highest BCUT2D eigenvalue weighted by atomic mass is 32.1. The van der Waals surface area contributed by atoms with Gasteiger partial charge >= 0.3 is 6.18 Å². The summed E-state index contributed by atoms with van der Waals surface area (Å²) in [6.45, 7) is 3.66. The second kappa shape index (κ2) is 5.44. The van der Waals surface area contributed by atoms with Crippen molar-refractivity contribution in [3.8, 4) is 21.1 Å². The van der Waals surface area contributed by atoms with Crippen LogP contribution >= 0.6 is 22.7 Å². The van der Waals surface area contributed by atoms with Gasteiger partial charge in [0.15, 0.2) is 5.69 Å². The Morgan fingerprint density at radius 2 is 1.59 bits per heavy atom. The number of alkyl halides is 3. The van der Waals surface area contributed by atoms with Gasteiger partial charge in [0.25, 0.3) is 0 Å². The number of hydrogen-bond acceptors (Lipinski definition) is 5. The molecule has 0 fully saturated rings. The molecule has 22 heavy (non-hydrogen) atoms. The summed E-state index contributed by atoms with van der Waals surface area (Å²) in [5, 5.41) is 3.97. The maximum absolute atomic E-state index is 12.7. The SMILES string of the molecule is Cc1cc(-c2nc(C(F)(F)F)cs2)c(-c2nc(C)cs2)cn1. The second-order valence-electron chi connectivity index (χ2n) is 4.70. The van der Waals surface area contributed by atoms with E-state index in [-0.39, 0.29) is 0 Å². The fourth-order valence-corrected chi connectivity index (χ4v) is 3.59. The van der Waals surface area contributed by atoms with Crippen LogP contribution in [0, 0.1) is 13.8 Å². The number of aryl methyl sites for hydroxylation is 2. The summed E-state index contributed by atoms with van der Waals surface area (Å²) in [5.41, 5.74) is 2.04. The Hall–Kier alpha value is -1.80. The topological polar surface area (TPSA) is 38.7 Å². The fourth-order valence-electron chi connectivity index (χ4n) is 1.91. The lowest BCUT2D eigenvalue weighted by molar-refractivity contribution is -0.140. The molecular formula is C14H10F3N3S2. The van der Waals surface area contributed by atoms with Crippen molar-refractivity contribution in [1.29, 1.82) is 0 Å². The van der Waals surface area contributed by atoms with E-state index in [1.165, 1.54) is 11.3 Å². The molecule has 0 bridgehead atoms. The minimum atomic E-state index is -4.44. The summed E-state index contributed by atoms with van der Waals surface area (Å²) >= 11 is 2.41. The number of thiazole rings is 2. The van der Waals surface area contributed by atoms with Gasteiger partial charge in [-0.05, 0) is 19.9 Å². The van der Waals surface area contributed by atoms with Gasteiger partial charge in [-0.15, -0.1) is 22.7 Å².